The number of carbonyl (C=O) groups is 1. The van der Waals surface area contributed by atoms with E-state index in [1.165, 1.54) is 6.33 Å². The number of hydrogen-bond acceptors (Lipinski definition) is 4. The molecule has 6 heteroatoms. The highest BCUT2D eigenvalue weighted by atomic mass is 35.5. The summed E-state index contributed by atoms with van der Waals surface area (Å²) in [5.74, 6) is 0.476. The van der Waals surface area contributed by atoms with Crippen LogP contribution in [0, 0.1) is 0 Å². The monoisotopic (exact) mass is 326 g/mol. The van der Waals surface area contributed by atoms with Gasteiger partial charge in [0.25, 0.3) is 0 Å². The van der Waals surface area contributed by atoms with E-state index in [1.54, 1.807) is 31.2 Å². The van der Waals surface area contributed by atoms with E-state index in [4.69, 9.17) is 11.6 Å². The van der Waals surface area contributed by atoms with Crippen molar-refractivity contribution in [1.82, 2.24) is 9.97 Å². The van der Waals surface area contributed by atoms with E-state index in [2.05, 4.69) is 20.6 Å². The molecule has 1 atom stereocenters. The summed E-state index contributed by atoms with van der Waals surface area (Å²) in [6.07, 6.45) is 1.48. The predicted molar refractivity (Wildman–Crippen MR) is 92.7 cm³/mol. The summed E-state index contributed by atoms with van der Waals surface area (Å²) in [5.41, 5.74) is 1.52. The van der Waals surface area contributed by atoms with Crippen LogP contribution in [0.1, 0.15) is 6.92 Å². The molecule has 0 aliphatic heterocycles. The van der Waals surface area contributed by atoms with Gasteiger partial charge in [-0.3, -0.25) is 4.79 Å². The Hall–Kier alpha value is -2.66. The van der Waals surface area contributed by atoms with Gasteiger partial charge in [-0.25, -0.2) is 9.97 Å². The second-order valence-electron chi connectivity index (χ2n) is 5.10. The van der Waals surface area contributed by atoms with Crippen LogP contribution in [0.3, 0.4) is 0 Å². The maximum absolute atomic E-state index is 12.3. The number of anilines is 2. The Morgan fingerprint density at radius 2 is 1.83 bits per heavy atom. The molecule has 116 valence electrons. The standard InChI is InChI=1S/C17H15ClN4O/c1-11(17(23)22-13-8-6-12(18)7-9-13)21-16-14-4-2-3-5-15(14)19-10-20-16/h2-11H,1H3,(H,22,23)(H,19,20,21). The van der Waals surface area contributed by atoms with Gasteiger partial charge in [0.05, 0.1) is 5.52 Å². The highest BCUT2D eigenvalue weighted by Crippen LogP contribution is 2.19. The van der Waals surface area contributed by atoms with E-state index >= 15 is 0 Å². The van der Waals surface area contributed by atoms with Crippen LogP contribution >= 0.6 is 11.6 Å². The molecule has 2 N–H and O–H groups in total. The Labute approximate surface area is 138 Å². The first-order valence-corrected chi connectivity index (χ1v) is 7.54. The van der Waals surface area contributed by atoms with E-state index in [1.807, 2.05) is 24.3 Å². The first-order chi connectivity index (χ1) is 11.1. The average molecular weight is 327 g/mol. The van der Waals surface area contributed by atoms with Crippen molar-refractivity contribution in [3.8, 4) is 0 Å². The van der Waals surface area contributed by atoms with E-state index in [9.17, 15) is 4.79 Å². The maximum atomic E-state index is 12.3. The quantitative estimate of drug-likeness (QED) is 0.766. The number of benzene rings is 2. The molecule has 3 aromatic rings. The van der Waals surface area contributed by atoms with Crippen LogP contribution in [-0.4, -0.2) is 21.9 Å². The van der Waals surface area contributed by atoms with E-state index in [0.717, 1.165) is 10.9 Å². The third-order valence-electron chi connectivity index (χ3n) is 3.40. The summed E-state index contributed by atoms with van der Waals surface area (Å²) in [4.78, 5) is 20.7. The van der Waals surface area contributed by atoms with Crippen LogP contribution in [0.4, 0.5) is 11.5 Å². The highest BCUT2D eigenvalue weighted by Gasteiger charge is 2.14. The Kier molecular flexibility index (Phi) is 4.39. The molecule has 0 fully saturated rings. The Morgan fingerprint density at radius 1 is 1.09 bits per heavy atom. The van der Waals surface area contributed by atoms with Crippen LogP contribution in [0.2, 0.25) is 5.02 Å². The third kappa shape index (κ3) is 3.57. The second kappa shape index (κ2) is 6.62. The predicted octanol–water partition coefficient (Wildman–Crippen LogP) is 3.72. The molecule has 3 rings (SSSR count). The molecule has 1 amide bonds. The Bertz CT molecular complexity index is 830. The van der Waals surface area contributed by atoms with Gasteiger partial charge in [0, 0.05) is 16.1 Å². The number of amides is 1. The minimum atomic E-state index is -0.455. The van der Waals surface area contributed by atoms with Gasteiger partial charge in [-0.05, 0) is 43.3 Å². The SMILES string of the molecule is CC(Nc1ncnc2ccccc12)C(=O)Nc1ccc(Cl)cc1. The fourth-order valence-corrected chi connectivity index (χ4v) is 2.30. The number of carbonyl (C=O) groups excluding carboxylic acids is 1. The van der Waals surface area contributed by atoms with Crippen molar-refractivity contribution >= 4 is 39.9 Å². The van der Waals surface area contributed by atoms with Crippen LogP contribution < -0.4 is 10.6 Å². The van der Waals surface area contributed by atoms with Crippen LogP contribution in [0.25, 0.3) is 10.9 Å². The number of aromatic nitrogens is 2. The van der Waals surface area contributed by atoms with Gasteiger partial charge in [0.15, 0.2) is 0 Å². The zero-order valence-electron chi connectivity index (χ0n) is 12.5. The van der Waals surface area contributed by atoms with Crippen molar-refractivity contribution in [3.05, 3.63) is 59.9 Å². The van der Waals surface area contributed by atoms with Gasteiger partial charge in [-0.15, -0.1) is 0 Å². The summed E-state index contributed by atoms with van der Waals surface area (Å²) in [7, 11) is 0. The molecule has 23 heavy (non-hydrogen) atoms. The zero-order chi connectivity index (χ0) is 16.2. The fourth-order valence-electron chi connectivity index (χ4n) is 2.17. The molecule has 1 unspecified atom stereocenters. The molecule has 0 spiro atoms. The summed E-state index contributed by atoms with van der Waals surface area (Å²) in [5, 5.41) is 7.46. The van der Waals surface area contributed by atoms with Crippen LogP contribution in [0.5, 0.6) is 0 Å². The van der Waals surface area contributed by atoms with E-state index < -0.39 is 6.04 Å². The number of para-hydroxylation sites is 1. The number of fused-ring (bicyclic) bond motifs is 1. The molecule has 1 aromatic heterocycles. The molecular weight excluding hydrogens is 312 g/mol. The van der Waals surface area contributed by atoms with Gasteiger partial charge in [-0.2, -0.15) is 0 Å². The van der Waals surface area contributed by atoms with Gasteiger partial charge < -0.3 is 10.6 Å². The minimum Gasteiger partial charge on any atom is -0.358 e. The van der Waals surface area contributed by atoms with Gasteiger partial charge in [-0.1, -0.05) is 23.7 Å². The van der Waals surface area contributed by atoms with Crippen molar-refractivity contribution in [2.24, 2.45) is 0 Å². The molecule has 5 nitrogen and oxygen atoms in total. The lowest BCUT2D eigenvalue weighted by atomic mass is 10.2. The van der Waals surface area contributed by atoms with Crippen molar-refractivity contribution < 1.29 is 4.79 Å². The topological polar surface area (TPSA) is 66.9 Å². The molecule has 0 saturated heterocycles. The molecule has 0 bridgehead atoms. The lowest BCUT2D eigenvalue weighted by Crippen LogP contribution is -2.32. The van der Waals surface area contributed by atoms with Crippen molar-refractivity contribution in [3.63, 3.8) is 0 Å². The van der Waals surface area contributed by atoms with Crippen molar-refractivity contribution in [1.29, 1.82) is 0 Å². The molecule has 1 heterocycles. The number of halogens is 1. The number of rotatable bonds is 4. The fraction of sp³-hybridized carbons (Fsp3) is 0.118. The number of hydrogen-bond donors (Lipinski definition) is 2. The van der Waals surface area contributed by atoms with E-state index in [-0.39, 0.29) is 5.91 Å². The van der Waals surface area contributed by atoms with Gasteiger partial charge in [0.2, 0.25) is 5.91 Å². The van der Waals surface area contributed by atoms with E-state index in [0.29, 0.717) is 16.5 Å². The van der Waals surface area contributed by atoms with Crippen LogP contribution in [0.15, 0.2) is 54.9 Å². The molecule has 0 radical (unpaired) electrons. The second-order valence-corrected chi connectivity index (χ2v) is 5.54. The summed E-state index contributed by atoms with van der Waals surface area (Å²) >= 11 is 5.83. The van der Waals surface area contributed by atoms with Crippen molar-refractivity contribution in [2.45, 2.75) is 13.0 Å². The lowest BCUT2D eigenvalue weighted by molar-refractivity contribution is -0.116. The first-order valence-electron chi connectivity index (χ1n) is 7.16. The molecule has 0 aliphatic carbocycles. The largest absolute Gasteiger partial charge is 0.358 e. The number of nitrogens with one attached hydrogen (secondary N) is 2. The normalized spacial score (nSPS) is 11.9. The lowest BCUT2D eigenvalue weighted by Gasteiger charge is -2.15. The van der Waals surface area contributed by atoms with Crippen LogP contribution in [-0.2, 0) is 4.79 Å². The first kappa shape index (κ1) is 15.2. The van der Waals surface area contributed by atoms with Gasteiger partial charge >= 0.3 is 0 Å². The van der Waals surface area contributed by atoms with Crippen molar-refractivity contribution in [2.75, 3.05) is 10.6 Å². The molecule has 2 aromatic carbocycles. The van der Waals surface area contributed by atoms with Gasteiger partial charge in [0.1, 0.15) is 18.2 Å². The number of nitrogens with zero attached hydrogens (tertiary/aromatic N) is 2. The minimum absolute atomic E-state index is 0.157. The Balaban J connectivity index is 1.73. The average Bonchev–Trinajstić information content (AvgIpc) is 2.57. The smallest absolute Gasteiger partial charge is 0.246 e. The maximum Gasteiger partial charge on any atom is 0.246 e. The highest BCUT2D eigenvalue weighted by molar-refractivity contribution is 6.30. The summed E-state index contributed by atoms with van der Waals surface area (Å²) in [6, 6.07) is 14.2. The molecule has 0 aliphatic rings. The summed E-state index contributed by atoms with van der Waals surface area (Å²) < 4.78 is 0. The summed E-state index contributed by atoms with van der Waals surface area (Å²) in [6.45, 7) is 1.78. The Morgan fingerprint density at radius 3 is 2.61 bits per heavy atom. The third-order valence-corrected chi connectivity index (χ3v) is 3.65. The molecular formula is C17H15ClN4O. The zero-order valence-corrected chi connectivity index (χ0v) is 13.2. The molecule has 0 saturated carbocycles.